The van der Waals surface area contributed by atoms with Crippen LogP contribution in [-0.2, 0) is 13.0 Å². The average Bonchev–Trinajstić information content (AvgIpc) is 2.82. The Balaban J connectivity index is 1.40. The number of likely N-dealkylation sites (tertiary alicyclic amines) is 1. The third kappa shape index (κ3) is 5.77. The molecular formula is C28H39N3. The second kappa shape index (κ2) is 10.9. The molecule has 0 radical (unpaired) electrons. The van der Waals surface area contributed by atoms with Gasteiger partial charge in [0.25, 0.3) is 0 Å². The van der Waals surface area contributed by atoms with E-state index in [2.05, 4.69) is 71.7 Å². The van der Waals surface area contributed by atoms with Crippen molar-refractivity contribution in [2.45, 2.75) is 71.3 Å². The molecule has 1 fully saturated rings. The Morgan fingerprint density at radius 2 is 1.58 bits per heavy atom. The molecule has 0 saturated carbocycles. The van der Waals surface area contributed by atoms with Crippen molar-refractivity contribution < 1.29 is 0 Å². The smallest absolute Gasteiger partial charge is 0.108 e. The molecule has 0 aliphatic carbocycles. The molecule has 0 amide bonds. The normalized spacial score (nSPS) is 19.3. The van der Waals surface area contributed by atoms with Crippen LogP contribution in [-0.4, -0.2) is 30.4 Å². The van der Waals surface area contributed by atoms with E-state index in [1.807, 2.05) is 0 Å². The van der Waals surface area contributed by atoms with Crippen molar-refractivity contribution in [3.05, 3.63) is 65.7 Å². The van der Waals surface area contributed by atoms with E-state index in [0.29, 0.717) is 0 Å². The average molecular weight is 418 g/mol. The summed E-state index contributed by atoms with van der Waals surface area (Å²) in [5.74, 6) is 1.22. The fraction of sp³-hybridized carbons (Fsp3) is 0.536. The van der Waals surface area contributed by atoms with Gasteiger partial charge < -0.3 is 10.2 Å². The van der Waals surface area contributed by atoms with Gasteiger partial charge in [0.05, 0.1) is 6.54 Å². The number of benzene rings is 2. The first-order valence-corrected chi connectivity index (χ1v) is 12.5. The zero-order valence-electron chi connectivity index (χ0n) is 19.3. The van der Waals surface area contributed by atoms with E-state index in [9.17, 15) is 0 Å². The molecule has 3 heteroatoms. The molecule has 0 unspecified atom stereocenters. The maximum Gasteiger partial charge on any atom is 0.108 e. The molecule has 0 bridgehead atoms. The van der Waals surface area contributed by atoms with Crippen LogP contribution in [0.4, 0.5) is 5.69 Å². The number of anilines is 1. The molecule has 1 N–H and O–H groups in total. The van der Waals surface area contributed by atoms with Crippen molar-refractivity contribution in [3.63, 3.8) is 0 Å². The Labute approximate surface area is 189 Å². The molecule has 2 aromatic rings. The zero-order valence-corrected chi connectivity index (χ0v) is 19.3. The van der Waals surface area contributed by atoms with E-state index >= 15 is 0 Å². The van der Waals surface area contributed by atoms with Crippen LogP contribution in [0.25, 0.3) is 0 Å². The quantitative estimate of drug-likeness (QED) is 0.460. The van der Waals surface area contributed by atoms with Gasteiger partial charge in [-0.25, -0.2) is 0 Å². The van der Waals surface area contributed by atoms with Crippen LogP contribution in [0.2, 0.25) is 0 Å². The SMILES string of the molecule is CCCCCCCCN1CCC2(CC1)Cc1ccccc1NC2=NCc1ccccc1. The van der Waals surface area contributed by atoms with Gasteiger partial charge in [0, 0.05) is 11.1 Å². The number of amidine groups is 1. The number of hydrogen-bond donors (Lipinski definition) is 1. The molecule has 2 aliphatic rings. The van der Waals surface area contributed by atoms with Crippen LogP contribution in [0, 0.1) is 5.41 Å². The standard InChI is InChI=1S/C28H39N3/c1-2-3-4-5-6-12-19-31-20-17-28(18-21-31)22-25-15-10-11-16-26(25)30-27(28)29-23-24-13-8-7-9-14-24/h7-11,13-16H,2-6,12,17-23H2,1H3,(H,29,30). The van der Waals surface area contributed by atoms with Crippen molar-refractivity contribution in [1.29, 1.82) is 0 Å². The summed E-state index contributed by atoms with van der Waals surface area (Å²) in [4.78, 5) is 7.84. The number of hydrogen-bond acceptors (Lipinski definition) is 2. The highest BCUT2D eigenvalue weighted by Crippen LogP contribution is 2.42. The predicted molar refractivity (Wildman–Crippen MR) is 133 cm³/mol. The number of fused-ring (bicyclic) bond motifs is 1. The maximum atomic E-state index is 5.15. The predicted octanol–water partition coefficient (Wildman–Crippen LogP) is 6.70. The number of para-hydroxylation sites is 1. The van der Waals surface area contributed by atoms with Crippen LogP contribution < -0.4 is 5.32 Å². The zero-order chi connectivity index (χ0) is 21.4. The van der Waals surface area contributed by atoms with E-state index in [1.54, 1.807) is 0 Å². The highest BCUT2D eigenvalue weighted by molar-refractivity contribution is 6.02. The lowest BCUT2D eigenvalue weighted by Crippen LogP contribution is -2.50. The van der Waals surface area contributed by atoms with Crippen molar-refractivity contribution in [3.8, 4) is 0 Å². The second-order valence-electron chi connectivity index (χ2n) is 9.50. The molecule has 3 nitrogen and oxygen atoms in total. The van der Waals surface area contributed by atoms with Gasteiger partial charge in [0.2, 0.25) is 0 Å². The van der Waals surface area contributed by atoms with Gasteiger partial charge in [-0.2, -0.15) is 0 Å². The summed E-state index contributed by atoms with van der Waals surface area (Å²) in [6.45, 7) is 6.71. The van der Waals surface area contributed by atoms with Crippen LogP contribution in [0.5, 0.6) is 0 Å². The number of aliphatic imine (C=N–C) groups is 1. The maximum absolute atomic E-state index is 5.15. The van der Waals surface area contributed by atoms with Crippen molar-refractivity contribution in [1.82, 2.24) is 4.90 Å². The van der Waals surface area contributed by atoms with Gasteiger partial charge in [-0.05, 0) is 62.5 Å². The Hall–Kier alpha value is -2.13. The molecule has 2 heterocycles. The van der Waals surface area contributed by atoms with Gasteiger partial charge in [-0.15, -0.1) is 0 Å². The van der Waals surface area contributed by atoms with Gasteiger partial charge in [0.15, 0.2) is 0 Å². The number of nitrogens with one attached hydrogen (secondary N) is 1. The Kier molecular flexibility index (Phi) is 7.80. The molecule has 166 valence electrons. The molecule has 1 spiro atoms. The largest absolute Gasteiger partial charge is 0.343 e. The van der Waals surface area contributed by atoms with Crippen molar-refractivity contribution in [2.75, 3.05) is 25.0 Å². The van der Waals surface area contributed by atoms with Gasteiger partial charge in [-0.3, -0.25) is 4.99 Å². The minimum Gasteiger partial charge on any atom is -0.343 e. The lowest BCUT2D eigenvalue weighted by molar-refractivity contribution is 0.148. The highest BCUT2D eigenvalue weighted by Gasteiger charge is 2.42. The highest BCUT2D eigenvalue weighted by atomic mass is 15.1. The molecule has 1 saturated heterocycles. The number of nitrogens with zero attached hydrogens (tertiary/aromatic N) is 2. The molecule has 0 aromatic heterocycles. The summed E-state index contributed by atoms with van der Waals surface area (Å²) in [6, 6.07) is 19.4. The van der Waals surface area contributed by atoms with Crippen LogP contribution in [0.1, 0.15) is 69.4 Å². The lowest BCUT2D eigenvalue weighted by Gasteiger charge is -2.45. The monoisotopic (exact) mass is 417 g/mol. The molecule has 0 atom stereocenters. The molecule has 2 aliphatic heterocycles. The first-order valence-electron chi connectivity index (χ1n) is 12.5. The number of piperidine rings is 1. The molecule has 4 rings (SSSR count). The fourth-order valence-electron chi connectivity index (χ4n) is 5.20. The molecule has 2 aromatic carbocycles. The van der Waals surface area contributed by atoms with E-state index in [0.717, 1.165) is 13.0 Å². The number of rotatable bonds is 9. The third-order valence-electron chi connectivity index (χ3n) is 7.21. The fourth-order valence-corrected chi connectivity index (χ4v) is 5.20. The van der Waals surface area contributed by atoms with Crippen LogP contribution in [0.15, 0.2) is 59.6 Å². The van der Waals surface area contributed by atoms with E-state index < -0.39 is 0 Å². The Morgan fingerprint density at radius 3 is 2.39 bits per heavy atom. The van der Waals surface area contributed by atoms with Gasteiger partial charge in [-0.1, -0.05) is 87.6 Å². The first kappa shape index (κ1) is 22.1. The van der Waals surface area contributed by atoms with Crippen LogP contribution in [0.3, 0.4) is 0 Å². The van der Waals surface area contributed by atoms with E-state index in [1.165, 1.54) is 93.7 Å². The van der Waals surface area contributed by atoms with Crippen molar-refractivity contribution >= 4 is 11.5 Å². The van der Waals surface area contributed by atoms with E-state index in [4.69, 9.17) is 4.99 Å². The summed E-state index contributed by atoms with van der Waals surface area (Å²) in [5, 5.41) is 3.75. The number of unbranched alkanes of at least 4 members (excludes halogenated alkanes) is 5. The van der Waals surface area contributed by atoms with Crippen molar-refractivity contribution in [2.24, 2.45) is 10.4 Å². The van der Waals surface area contributed by atoms with Crippen LogP contribution >= 0.6 is 0 Å². The Bertz CT molecular complexity index is 834. The summed E-state index contributed by atoms with van der Waals surface area (Å²) < 4.78 is 0. The Morgan fingerprint density at radius 1 is 0.871 bits per heavy atom. The summed E-state index contributed by atoms with van der Waals surface area (Å²) in [5.41, 5.74) is 4.15. The minimum absolute atomic E-state index is 0.167. The third-order valence-corrected chi connectivity index (χ3v) is 7.21. The topological polar surface area (TPSA) is 27.6 Å². The molecular weight excluding hydrogens is 378 g/mol. The summed E-state index contributed by atoms with van der Waals surface area (Å²) in [7, 11) is 0. The van der Waals surface area contributed by atoms with Gasteiger partial charge in [0.1, 0.15) is 5.84 Å². The van der Waals surface area contributed by atoms with Gasteiger partial charge >= 0.3 is 0 Å². The summed E-state index contributed by atoms with van der Waals surface area (Å²) >= 11 is 0. The summed E-state index contributed by atoms with van der Waals surface area (Å²) in [6.07, 6.45) is 11.8. The minimum atomic E-state index is 0.167. The lowest BCUT2D eigenvalue weighted by atomic mass is 9.70. The second-order valence-corrected chi connectivity index (χ2v) is 9.50. The molecule has 31 heavy (non-hydrogen) atoms. The first-order chi connectivity index (χ1) is 15.3. The van der Waals surface area contributed by atoms with E-state index in [-0.39, 0.29) is 5.41 Å².